The number of hydrogen-bond donors (Lipinski definition) is 1. The van der Waals surface area contributed by atoms with E-state index in [1.165, 1.54) is 11.8 Å². The topological polar surface area (TPSA) is 59.4 Å². The van der Waals surface area contributed by atoms with Crippen molar-refractivity contribution in [2.24, 2.45) is 0 Å². The van der Waals surface area contributed by atoms with Gasteiger partial charge in [0, 0.05) is 43.4 Å². The van der Waals surface area contributed by atoms with Crippen molar-refractivity contribution >= 4 is 29.0 Å². The number of morpholine rings is 1. The van der Waals surface area contributed by atoms with E-state index in [-0.39, 0.29) is 5.91 Å². The fraction of sp³-hybridized carbons (Fsp3) is 0.444. The average molecular weight is 360 g/mol. The Morgan fingerprint density at radius 1 is 1.28 bits per heavy atom. The molecule has 0 spiro atoms. The number of rotatable bonds is 7. The van der Waals surface area contributed by atoms with Gasteiger partial charge in [0.05, 0.1) is 19.0 Å². The van der Waals surface area contributed by atoms with Crippen LogP contribution in [0.15, 0.2) is 41.8 Å². The molecule has 1 aromatic carbocycles. The number of imidazole rings is 1. The van der Waals surface area contributed by atoms with Crippen molar-refractivity contribution in [1.82, 2.24) is 9.55 Å². The number of hydrogen-bond acceptors (Lipinski definition) is 5. The third kappa shape index (κ3) is 4.99. The number of carbonyl (C=O) groups is 1. The Morgan fingerprint density at radius 2 is 2.04 bits per heavy atom. The minimum Gasteiger partial charge on any atom is -0.378 e. The third-order valence-electron chi connectivity index (χ3n) is 4.00. The second-order valence-corrected chi connectivity index (χ2v) is 6.83. The molecular weight excluding hydrogens is 336 g/mol. The van der Waals surface area contributed by atoms with Gasteiger partial charge in [-0.2, -0.15) is 0 Å². The van der Waals surface area contributed by atoms with E-state index in [1.54, 1.807) is 6.20 Å². The molecule has 1 aliphatic heterocycles. The summed E-state index contributed by atoms with van der Waals surface area (Å²) in [5, 5.41) is 3.83. The molecule has 1 aromatic heterocycles. The molecule has 25 heavy (non-hydrogen) atoms. The number of carbonyl (C=O) groups excluding carboxylic acids is 1. The van der Waals surface area contributed by atoms with Crippen molar-refractivity contribution in [2.75, 3.05) is 42.3 Å². The Hall–Kier alpha value is -1.99. The van der Waals surface area contributed by atoms with Gasteiger partial charge in [-0.1, -0.05) is 18.7 Å². The Bertz CT molecular complexity index is 681. The molecule has 0 unspecified atom stereocenters. The molecule has 6 nitrogen and oxygen atoms in total. The van der Waals surface area contributed by atoms with E-state index in [0.717, 1.165) is 55.8 Å². The van der Waals surface area contributed by atoms with Gasteiger partial charge in [-0.25, -0.2) is 4.98 Å². The summed E-state index contributed by atoms with van der Waals surface area (Å²) in [4.78, 5) is 18.8. The number of nitrogens with one attached hydrogen (secondary N) is 1. The Labute approximate surface area is 152 Å². The van der Waals surface area contributed by atoms with Crippen LogP contribution in [-0.4, -0.2) is 47.5 Å². The highest BCUT2D eigenvalue weighted by atomic mass is 32.2. The molecule has 1 aliphatic rings. The number of benzene rings is 1. The highest BCUT2D eigenvalue weighted by Gasteiger charge is 2.11. The lowest BCUT2D eigenvalue weighted by atomic mass is 10.2. The van der Waals surface area contributed by atoms with Crippen molar-refractivity contribution in [2.45, 2.75) is 25.0 Å². The molecular formula is C18H24N4O2S. The first-order valence-electron chi connectivity index (χ1n) is 8.63. The summed E-state index contributed by atoms with van der Waals surface area (Å²) >= 11 is 1.46. The summed E-state index contributed by atoms with van der Waals surface area (Å²) in [6, 6.07) is 7.99. The minimum atomic E-state index is -0.0184. The maximum absolute atomic E-state index is 12.2. The SMILES string of the molecule is CCCn1ccnc1SCC(=O)Nc1ccc(N2CCOCC2)cc1. The largest absolute Gasteiger partial charge is 0.378 e. The molecule has 0 atom stereocenters. The van der Waals surface area contributed by atoms with Crippen molar-refractivity contribution in [3.63, 3.8) is 0 Å². The predicted molar refractivity (Wildman–Crippen MR) is 101 cm³/mol. The zero-order chi connectivity index (χ0) is 17.5. The zero-order valence-electron chi connectivity index (χ0n) is 14.5. The number of amides is 1. The Kier molecular flexibility index (Phi) is 6.36. The van der Waals surface area contributed by atoms with E-state index in [9.17, 15) is 4.79 Å². The van der Waals surface area contributed by atoms with Gasteiger partial charge in [0.2, 0.25) is 5.91 Å². The van der Waals surface area contributed by atoms with Crippen LogP contribution in [0.25, 0.3) is 0 Å². The summed E-state index contributed by atoms with van der Waals surface area (Å²) < 4.78 is 7.45. The molecule has 134 valence electrons. The van der Waals surface area contributed by atoms with Gasteiger partial charge in [0.1, 0.15) is 0 Å². The van der Waals surface area contributed by atoms with Crippen LogP contribution in [0.2, 0.25) is 0 Å². The number of nitrogens with zero attached hydrogens (tertiary/aromatic N) is 3. The first kappa shape index (κ1) is 17.8. The maximum atomic E-state index is 12.2. The van der Waals surface area contributed by atoms with E-state index in [1.807, 2.05) is 30.5 Å². The minimum absolute atomic E-state index is 0.0184. The van der Waals surface area contributed by atoms with Crippen LogP contribution >= 0.6 is 11.8 Å². The first-order valence-corrected chi connectivity index (χ1v) is 9.61. The molecule has 1 saturated heterocycles. The summed E-state index contributed by atoms with van der Waals surface area (Å²) in [7, 11) is 0. The molecule has 0 saturated carbocycles. The lowest BCUT2D eigenvalue weighted by Gasteiger charge is -2.28. The summed E-state index contributed by atoms with van der Waals surface area (Å²) in [5.41, 5.74) is 1.98. The van der Waals surface area contributed by atoms with E-state index in [2.05, 4.69) is 26.7 Å². The fourth-order valence-electron chi connectivity index (χ4n) is 2.75. The monoisotopic (exact) mass is 360 g/mol. The lowest BCUT2D eigenvalue weighted by molar-refractivity contribution is -0.113. The molecule has 2 aromatic rings. The lowest BCUT2D eigenvalue weighted by Crippen LogP contribution is -2.36. The zero-order valence-corrected chi connectivity index (χ0v) is 15.3. The normalized spacial score (nSPS) is 14.5. The maximum Gasteiger partial charge on any atom is 0.234 e. The van der Waals surface area contributed by atoms with E-state index in [0.29, 0.717) is 5.75 Å². The smallest absolute Gasteiger partial charge is 0.234 e. The molecule has 1 fully saturated rings. The second kappa shape index (κ2) is 8.92. The average Bonchev–Trinajstić information content (AvgIpc) is 3.09. The van der Waals surface area contributed by atoms with E-state index >= 15 is 0 Å². The summed E-state index contributed by atoms with van der Waals surface area (Å²) in [6.45, 7) is 6.40. The second-order valence-electron chi connectivity index (χ2n) is 5.89. The molecule has 2 heterocycles. The van der Waals surface area contributed by atoms with E-state index < -0.39 is 0 Å². The molecule has 0 radical (unpaired) electrons. The molecule has 1 amide bonds. The van der Waals surface area contributed by atoms with Crippen LogP contribution in [0.1, 0.15) is 13.3 Å². The Balaban J connectivity index is 1.49. The van der Waals surface area contributed by atoms with Crippen LogP contribution in [0.4, 0.5) is 11.4 Å². The molecule has 7 heteroatoms. The van der Waals surface area contributed by atoms with Gasteiger partial charge >= 0.3 is 0 Å². The van der Waals surface area contributed by atoms with Crippen molar-refractivity contribution in [1.29, 1.82) is 0 Å². The van der Waals surface area contributed by atoms with Gasteiger partial charge in [-0.05, 0) is 30.7 Å². The van der Waals surface area contributed by atoms with E-state index in [4.69, 9.17) is 4.74 Å². The number of ether oxygens (including phenoxy) is 1. The summed E-state index contributed by atoms with van der Waals surface area (Å²) in [5.74, 6) is 0.335. The van der Waals surface area contributed by atoms with Crippen LogP contribution in [-0.2, 0) is 16.1 Å². The van der Waals surface area contributed by atoms with Crippen molar-refractivity contribution in [3.8, 4) is 0 Å². The number of thioether (sulfide) groups is 1. The third-order valence-corrected chi connectivity index (χ3v) is 5.01. The van der Waals surface area contributed by atoms with Crippen LogP contribution in [0.5, 0.6) is 0 Å². The van der Waals surface area contributed by atoms with Crippen LogP contribution in [0.3, 0.4) is 0 Å². The highest BCUT2D eigenvalue weighted by molar-refractivity contribution is 7.99. The number of aryl methyl sites for hydroxylation is 1. The van der Waals surface area contributed by atoms with Gasteiger partial charge < -0.3 is 19.5 Å². The highest BCUT2D eigenvalue weighted by Crippen LogP contribution is 2.20. The first-order chi connectivity index (χ1) is 12.3. The Morgan fingerprint density at radius 3 is 2.76 bits per heavy atom. The summed E-state index contributed by atoms with van der Waals surface area (Å²) in [6.07, 6.45) is 4.78. The molecule has 0 bridgehead atoms. The van der Waals surface area contributed by atoms with Gasteiger partial charge in [0.25, 0.3) is 0 Å². The van der Waals surface area contributed by atoms with Gasteiger partial charge in [0.15, 0.2) is 5.16 Å². The predicted octanol–water partition coefficient (Wildman–Crippen LogP) is 2.86. The fourth-order valence-corrected chi connectivity index (χ4v) is 3.54. The van der Waals surface area contributed by atoms with Crippen LogP contribution in [0, 0.1) is 0 Å². The molecule has 0 aliphatic carbocycles. The van der Waals surface area contributed by atoms with Crippen LogP contribution < -0.4 is 10.2 Å². The van der Waals surface area contributed by atoms with Crippen molar-refractivity contribution in [3.05, 3.63) is 36.7 Å². The number of anilines is 2. The number of aromatic nitrogens is 2. The molecule has 1 N–H and O–H groups in total. The van der Waals surface area contributed by atoms with Gasteiger partial charge in [-0.3, -0.25) is 4.79 Å². The standard InChI is InChI=1S/C18H24N4O2S/c1-2-8-22-9-7-19-18(22)25-14-17(23)20-15-3-5-16(6-4-15)21-10-12-24-13-11-21/h3-7,9H,2,8,10-14H2,1H3,(H,20,23). The van der Waals surface area contributed by atoms with Crippen molar-refractivity contribution < 1.29 is 9.53 Å². The van der Waals surface area contributed by atoms with Gasteiger partial charge in [-0.15, -0.1) is 0 Å². The molecule has 3 rings (SSSR count). The quantitative estimate of drug-likeness (QED) is 0.770.